The van der Waals surface area contributed by atoms with Crippen LogP contribution >= 0.6 is 11.6 Å². The molecule has 0 amide bonds. The number of halogens is 2. The molecular formula is C25H27ClFN5O2. The van der Waals surface area contributed by atoms with E-state index in [1.54, 1.807) is 32.4 Å². The Morgan fingerprint density at radius 3 is 2.41 bits per heavy atom. The molecule has 1 aromatic carbocycles. The maximum atomic E-state index is 13.6. The molecule has 0 aliphatic heterocycles. The van der Waals surface area contributed by atoms with Gasteiger partial charge in [-0.3, -0.25) is 4.79 Å². The van der Waals surface area contributed by atoms with E-state index >= 15 is 0 Å². The number of methoxy groups -OCH3 is 1. The van der Waals surface area contributed by atoms with Gasteiger partial charge in [0.15, 0.2) is 0 Å². The highest BCUT2D eigenvalue weighted by Gasteiger charge is 2.30. The predicted octanol–water partition coefficient (Wildman–Crippen LogP) is 4.49. The first-order chi connectivity index (χ1) is 16.3. The van der Waals surface area contributed by atoms with Gasteiger partial charge in [0.1, 0.15) is 33.9 Å². The molecule has 178 valence electrons. The average Bonchev–Trinajstić information content (AvgIpc) is 2.85. The number of fused-ring (bicyclic) bond motifs is 1. The molecule has 0 radical (unpaired) electrons. The summed E-state index contributed by atoms with van der Waals surface area (Å²) in [5, 5.41) is 10.1. The van der Waals surface area contributed by atoms with E-state index in [1.165, 1.54) is 16.7 Å². The molecule has 0 atom stereocenters. The van der Waals surface area contributed by atoms with Gasteiger partial charge in [0, 0.05) is 39.3 Å². The van der Waals surface area contributed by atoms with E-state index in [0.29, 0.717) is 27.6 Å². The predicted molar refractivity (Wildman–Crippen MR) is 133 cm³/mol. The minimum Gasteiger partial charge on any atom is -0.494 e. The molecule has 9 heteroatoms. The van der Waals surface area contributed by atoms with Crippen molar-refractivity contribution in [3.63, 3.8) is 0 Å². The highest BCUT2D eigenvalue weighted by Crippen LogP contribution is 2.36. The highest BCUT2D eigenvalue weighted by atomic mass is 35.5. The van der Waals surface area contributed by atoms with Crippen LogP contribution < -0.4 is 20.1 Å². The molecule has 2 heterocycles. The van der Waals surface area contributed by atoms with Crippen molar-refractivity contribution in [2.75, 3.05) is 31.0 Å². The van der Waals surface area contributed by atoms with Crippen molar-refractivity contribution in [3.05, 3.63) is 57.2 Å². The van der Waals surface area contributed by atoms with Crippen molar-refractivity contribution in [2.24, 2.45) is 7.05 Å². The van der Waals surface area contributed by atoms with Gasteiger partial charge in [-0.05, 0) is 49.9 Å². The zero-order valence-electron chi connectivity index (χ0n) is 19.7. The van der Waals surface area contributed by atoms with Gasteiger partial charge in [-0.15, -0.1) is 0 Å². The van der Waals surface area contributed by atoms with Crippen LogP contribution in [0.15, 0.2) is 35.1 Å². The maximum Gasteiger partial charge on any atom is 0.270 e. The van der Waals surface area contributed by atoms with Crippen LogP contribution in [0.2, 0.25) is 5.15 Å². The molecule has 0 bridgehead atoms. The summed E-state index contributed by atoms with van der Waals surface area (Å²) >= 11 is 6.18. The number of nitriles is 1. The van der Waals surface area contributed by atoms with E-state index in [9.17, 15) is 14.4 Å². The molecule has 1 aliphatic rings. The summed E-state index contributed by atoms with van der Waals surface area (Å²) in [7, 11) is 7.09. The van der Waals surface area contributed by atoms with Gasteiger partial charge in [0.25, 0.3) is 5.56 Å². The first-order valence-corrected chi connectivity index (χ1v) is 11.5. The van der Waals surface area contributed by atoms with Crippen LogP contribution in [-0.4, -0.2) is 42.8 Å². The third-order valence-corrected chi connectivity index (χ3v) is 7.14. The second-order valence-corrected chi connectivity index (χ2v) is 9.09. The lowest BCUT2D eigenvalue weighted by Crippen LogP contribution is -2.42. The van der Waals surface area contributed by atoms with Crippen LogP contribution in [0.1, 0.15) is 31.2 Å². The van der Waals surface area contributed by atoms with E-state index in [2.05, 4.69) is 16.0 Å². The van der Waals surface area contributed by atoms with Crippen LogP contribution in [0.5, 0.6) is 5.75 Å². The first kappa shape index (κ1) is 23.8. The van der Waals surface area contributed by atoms with Crippen molar-refractivity contribution in [1.82, 2.24) is 9.55 Å². The van der Waals surface area contributed by atoms with Gasteiger partial charge in [-0.2, -0.15) is 5.26 Å². The lowest BCUT2D eigenvalue weighted by atomic mass is 9.88. The summed E-state index contributed by atoms with van der Waals surface area (Å²) in [6.07, 6.45) is 3.50. The Bertz CT molecular complexity index is 1330. The van der Waals surface area contributed by atoms with Crippen LogP contribution in [0.25, 0.3) is 11.0 Å². The number of anilines is 2. The standard InChI is InChI=1S/C25H27ClFN5O2/c1-30(19-10-5-15(27)13-21(19)34-4)16-6-8-17(9-7-16)31(2)24-18(14-28)25(33)32(3)20-11-12-22(26)29-23(20)24/h5,10-13,16-17H,6-9H2,1-4H3. The third kappa shape index (κ3) is 4.16. The lowest BCUT2D eigenvalue weighted by molar-refractivity contribution is 0.370. The normalized spacial score (nSPS) is 17.9. The first-order valence-electron chi connectivity index (χ1n) is 11.1. The van der Waals surface area contributed by atoms with Crippen molar-refractivity contribution in [1.29, 1.82) is 5.26 Å². The molecule has 1 fully saturated rings. The molecule has 0 spiro atoms. The summed E-state index contributed by atoms with van der Waals surface area (Å²) in [5.41, 5.74) is 2.28. The Morgan fingerprint density at radius 1 is 1.15 bits per heavy atom. The molecule has 1 aliphatic carbocycles. The number of nitrogens with zero attached hydrogens (tertiary/aromatic N) is 5. The number of ether oxygens (including phenoxy) is 1. The Kier molecular flexibility index (Phi) is 6.67. The van der Waals surface area contributed by atoms with E-state index in [4.69, 9.17) is 16.3 Å². The number of benzene rings is 1. The fourth-order valence-corrected chi connectivity index (χ4v) is 5.12. The van der Waals surface area contributed by atoms with Crippen molar-refractivity contribution in [2.45, 2.75) is 37.8 Å². The summed E-state index contributed by atoms with van der Waals surface area (Å²) in [6, 6.07) is 10.5. The fourth-order valence-electron chi connectivity index (χ4n) is 4.97. The van der Waals surface area contributed by atoms with Crippen molar-refractivity contribution >= 4 is 34.0 Å². The largest absolute Gasteiger partial charge is 0.494 e. The molecule has 1 saturated carbocycles. The molecule has 34 heavy (non-hydrogen) atoms. The van der Waals surface area contributed by atoms with Crippen LogP contribution in [-0.2, 0) is 7.05 Å². The summed E-state index contributed by atoms with van der Waals surface area (Å²) < 4.78 is 20.5. The maximum absolute atomic E-state index is 13.6. The summed E-state index contributed by atoms with van der Waals surface area (Å²) in [5.74, 6) is 0.178. The second-order valence-electron chi connectivity index (χ2n) is 8.70. The van der Waals surface area contributed by atoms with E-state index in [1.807, 2.05) is 19.0 Å². The zero-order valence-corrected chi connectivity index (χ0v) is 20.4. The topological polar surface area (TPSA) is 74.4 Å². The smallest absolute Gasteiger partial charge is 0.270 e. The number of aromatic nitrogens is 2. The average molecular weight is 484 g/mol. The Labute approximate surface area is 202 Å². The van der Waals surface area contributed by atoms with Crippen molar-refractivity contribution < 1.29 is 9.13 Å². The third-order valence-electron chi connectivity index (χ3n) is 6.93. The van der Waals surface area contributed by atoms with Gasteiger partial charge in [-0.1, -0.05) is 11.6 Å². The molecule has 3 aromatic rings. The van der Waals surface area contributed by atoms with Gasteiger partial charge >= 0.3 is 0 Å². The molecule has 0 N–H and O–H groups in total. The Hall–Kier alpha value is -3.31. The molecule has 2 aromatic heterocycles. The molecule has 7 nitrogen and oxygen atoms in total. The number of rotatable bonds is 5. The van der Waals surface area contributed by atoms with Crippen LogP contribution in [0.4, 0.5) is 15.8 Å². The minimum atomic E-state index is -0.349. The van der Waals surface area contributed by atoms with Gasteiger partial charge < -0.3 is 19.1 Å². The van der Waals surface area contributed by atoms with E-state index < -0.39 is 0 Å². The number of hydrogen-bond donors (Lipinski definition) is 0. The number of pyridine rings is 2. The highest BCUT2D eigenvalue weighted by molar-refractivity contribution is 6.29. The summed E-state index contributed by atoms with van der Waals surface area (Å²) in [4.78, 5) is 21.5. The van der Waals surface area contributed by atoms with Crippen LogP contribution in [0, 0.1) is 17.1 Å². The SMILES string of the molecule is COc1cc(F)ccc1N(C)C1CCC(N(C)c2c(C#N)c(=O)n(C)c3ccc(Cl)nc23)CC1. The van der Waals surface area contributed by atoms with Gasteiger partial charge in [0.05, 0.1) is 24.0 Å². The molecule has 0 saturated heterocycles. The Balaban J connectivity index is 1.61. The quantitative estimate of drug-likeness (QED) is 0.498. The molecule has 0 unspecified atom stereocenters. The van der Waals surface area contributed by atoms with Gasteiger partial charge in [-0.25, -0.2) is 9.37 Å². The van der Waals surface area contributed by atoms with Crippen LogP contribution in [0.3, 0.4) is 0 Å². The monoisotopic (exact) mass is 483 g/mol. The lowest BCUT2D eigenvalue weighted by Gasteiger charge is -2.40. The molecular weight excluding hydrogens is 457 g/mol. The second kappa shape index (κ2) is 9.51. The Morgan fingerprint density at radius 2 is 1.79 bits per heavy atom. The van der Waals surface area contributed by atoms with E-state index in [0.717, 1.165) is 31.4 Å². The van der Waals surface area contributed by atoms with E-state index in [-0.39, 0.29) is 29.0 Å². The summed E-state index contributed by atoms with van der Waals surface area (Å²) in [6.45, 7) is 0. The van der Waals surface area contributed by atoms with Crippen molar-refractivity contribution in [3.8, 4) is 11.8 Å². The van der Waals surface area contributed by atoms with Gasteiger partial charge in [0.2, 0.25) is 0 Å². The number of hydrogen-bond acceptors (Lipinski definition) is 6. The molecule has 4 rings (SSSR count). The number of aryl methyl sites for hydroxylation is 1. The zero-order chi connectivity index (χ0) is 24.6. The minimum absolute atomic E-state index is 0.0718. The fraction of sp³-hybridized carbons (Fsp3) is 0.400.